The Morgan fingerprint density at radius 3 is 2.25 bits per heavy atom. The zero-order valence-electron chi connectivity index (χ0n) is 21.3. The normalized spacial score (nSPS) is 12.5. The summed E-state index contributed by atoms with van der Waals surface area (Å²) in [5.41, 5.74) is 2.79. The molecule has 0 spiro atoms. The van der Waals surface area contributed by atoms with Gasteiger partial charge in [-0.25, -0.2) is 4.79 Å². The molecule has 5 nitrogen and oxygen atoms in total. The minimum Gasteiger partial charge on any atom is -0.459 e. The molecule has 186 valence electrons. The lowest BCUT2D eigenvalue weighted by molar-refractivity contribution is -0.159. The minimum absolute atomic E-state index is 0.115. The number of Topliss-reactive ketones (excluding diaryl/α,β-unsaturated/α-hetero) is 1. The first-order valence-electron chi connectivity index (χ1n) is 12.5. The summed E-state index contributed by atoms with van der Waals surface area (Å²) >= 11 is 0. The quantitative estimate of drug-likeness (QED) is 0.245. The maximum Gasteiger partial charge on any atom is 0.334 e. The number of carbonyl (C=O) groups excluding carboxylic acids is 2. The molecule has 0 saturated carbocycles. The number of ether oxygens (including phenoxy) is 1. The van der Waals surface area contributed by atoms with E-state index in [4.69, 9.17) is 4.74 Å². The van der Waals surface area contributed by atoms with Crippen LogP contribution in [0.5, 0.6) is 0 Å². The van der Waals surface area contributed by atoms with E-state index in [0.717, 1.165) is 28.7 Å². The molecule has 0 aliphatic rings. The van der Waals surface area contributed by atoms with Gasteiger partial charge in [0.05, 0.1) is 11.6 Å². The zero-order valence-corrected chi connectivity index (χ0v) is 21.3. The predicted molar refractivity (Wildman–Crippen MR) is 142 cm³/mol. The van der Waals surface area contributed by atoms with E-state index in [9.17, 15) is 14.9 Å². The summed E-state index contributed by atoms with van der Waals surface area (Å²) < 4.78 is 5.69. The highest BCUT2D eigenvalue weighted by molar-refractivity contribution is 6.08. The van der Waals surface area contributed by atoms with E-state index in [0.29, 0.717) is 24.9 Å². The Balaban J connectivity index is 1.82. The Labute approximate surface area is 214 Å². The standard InChI is InChI=1S/C31H34N2O3/c1-4-5-15-29(34)31(23(2)3,30(35)36-22-25-11-7-6-8-12-25)33-21-24-16-18-26(19-17-24)28-14-10-9-13-27(28)20-32/h6-14,16-19,23,33H,4-5,15,21-22H2,1-3H3. The first-order chi connectivity index (χ1) is 17.4. The summed E-state index contributed by atoms with van der Waals surface area (Å²) in [6, 6.07) is 27.0. The Kier molecular flexibility index (Phi) is 9.55. The number of hydrogen-bond donors (Lipinski definition) is 1. The van der Waals surface area contributed by atoms with Crippen molar-refractivity contribution >= 4 is 11.8 Å². The second-order valence-corrected chi connectivity index (χ2v) is 9.26. The Morgan fingerprint density at radius 2 is 1.61 bits per heavy atom. The van der Waals surface area contributed by atoms with Crippen LogP contribution < -0.4 is 5.32 Å². The molecule has 3 aromatic rings. The molecule has 1 atom stereocenters. The maximum atomic E-state index is 13.5. The van der Waals surface area contributed by atoms with Crippen LogP contribution in [0, 0.1) is 17.2 Å². The summed E-state index contributed by atoms with van der Waals surface area (Å²) in [6.07, 6.45) is 1.89. The number of ketones is 1. The largest absolute Gasteiger partial charge is 0.459 e. The van der Waals surface area contributed by atoms with Gasteiger partial charge in [-0.3, -0.25) is 10.1 Å². The van der Waals surface area contributed by atoms with Gasteiger partial charge < -0.3 is 4.74 Å². The lowest BCUT2D eigenvalue weighted by Gasteiger charge is -2.35. The molecule has 36 heavy (non-hydrogen) atoms. The first kappa shape index (κ1) is 26.8. The molecule has 0 radical (unpaired) electrons. The molecule has 0 bridgehead atoms. The lowest BCUT2D eigenvalue weighted by Crippen LogP contribution is -2.62. The number of benzene rings is 3. The highest BCUT2D eigenvalue weighted by Gasteiger charge is 2.48. The molecule has 0 amide bonds. The van der Waals surface area contributed by atoms with Crippen LogP contribution in [0.15, 0.2) is 78.9 Å². The summed E-state index contributed by atoms with van der Waals surface area (Å²) in [4.78, 5) is 26.9. The van der Waals surface area contributed by atoms with Gasteiger partial charge in [-0.1, -0.05) is 100.0 Å². The van der Waals surface area contributed by atoms with E-state index in [1.165, 1.54) is 0 Å². The van der Waals surface area contributed by atoms with E-state index < -0.39 is 11.5 Å². The number of rotatable bonds is 12. The number of unbranched alkanes of at least 4 members (excludes halogenated alkanes) is 1. The monoisotopic (exact) mass is 482 g/mol. The molecule has 0 heterocycles. The Bertz CT molecular complexity index is 1200. The van der Waals surface area contributed by atoms with Crippen LogP contribution in [0.2, 0.25) is 0 Å². The topological polar surface area (TPSA) is 79.2 Å². The predicted octanol–water partition coefficient (Wildman–Crippen LogP) is 6.21. The van der Waals surface area contributed by atoms with Crippen LogP contribution in [0.4, 0.5) is 0 Å². The molecule has 3 rings (SSSR count). The van der Waals surface area contributed by atoms with Crippen molar-refractivity contribution in [2.45, 2.75) is 58.7 Å². The van der Waals surface area contributed by atoms with Crippen molar-refractivity contribution in [3.63, 3.8) is 0 Å². The van der Waals surface area contributed by atoms with Crippen molar-refractivity contribution in [1.82, 2.24) is 5.32 Å². The van der Waals surface area contributed by atoms with Crippen LogP contribution in [0.3, 0.4) is 0 Å². The molecule has 1 N–H and O–H groups in total. The van der Waals surface area contributed by atoms with Crippen LogP contribution in [-0.2, 0) is 27.5 Å². The van der Waals surface area contributed by atoms with Gasteiger partial charge in [0.15, 0.2) is 11.3 Å². The van der Waals surface area contributed by atoms with Crippen LogP contribution >= 0.6 is 0 Å². The van der Waals surface area contributed by atoms with Crippen molar-refractivity contribution in [3.05, 3.63) is 95.6 Å². The van der Waals surface area contributed by atoms with Gasteiger partial charge >= 0.3 is 5.97 Å². The van der Waals surface area contributed by atoms with Crippen molar-refractivity contribution in [2.75, 3.05) is 0 Å². The molecule has 0 aliphatic carbocycles. The average Bonchev–Trinajstić information content (AvgIpc) is 2.91. The number of carbonyl (C=O) groups is 2. The van der Waals surface area contributed by atoms with Crippen LogP contribution in [0.1, 0.15) is 56.7 Å². The van der Waals surface area contributed by atoms with Gasteiger partial charge in [-0.05, 0) is 40.7 Å². The van der Waals surface area contributed by atoms with Gasteiger partial charge in [0, 0.05) is 13.0 Å². The van der Waals surface area contributed by atoms with E-state index in [1.807, 2.05) is 93.6 Å². The van der Waals surface area contributed by atoms with Crippen molar-refractivity contribution in [1.29, 1.82) is 5.26 Å². The molecule has 5 heteroatoms. The summed E-state index contributed by atoms with van der Waals surface area (Å²) in [5.74, 6) is -0.981. The molecule has 0 aliphatic heterocycles. The second kappa shape index (κ2) is 12.8. The van der Waals surface area contributed by atoms with Crippen molar-refractivity contribution in [2.24, 2.45) is 5.92 Å². The van der Waals surface area contributed by atoms with E-state index in [2.05, 4.69) is 11.4 Å². The maximum absolute atomic E-state index is 13.5. The number of hydrogen-bond acceptors (Lipinski definition) is 5. The fourth-order valence-corrected chi connectivity index (χ4v) is 4.29. The first-order valence-corrected chi connectivity index (χ1v) is 12.5. The Hall–Kier alpha value is -3.75. The third-order valence-electron chi connectivity index (χ3n) is 6.48. The van der Waals surface area contributed by atoms with Crippen molar-refractivity contribution < 1.29 is 14.3 Å². The van der Waals surface area contributed by atoms with E-state index in [-0.39, 0.29) is 18.3 Å². The van der Waals surface area contributed by atoms with Gasteiger partial charge in [0.1, 0.15) is 6.61 Å². The van der Waals surface area contributed by atoms with Gasteiger partial charge in [0.25, 0.3) is 0 Å². The number of nitrogens with zero attached hydrogens (tertiary/aromatic N) is 1. The lowest BCUT2D eigenvalue weighted by atomic mass is 9.80. The SMILES string of the molecule is CCCCC(=O)C(NCc1ccc(-c2ccccc2C#N)cc1)(C(=O)OCc1ccccc1)C(C)C. The van der Waals surface area contributed by atoms with Crippen molar-refractivity contribution in [3.8, 4) is 17.2 Å². The van der Waals surface area contributed by atoms with E-state index in [1.54, 1.807) is 6.07 Å². The highest BCUT2D eigenvalue weighted by Crippen LogP contribution is 2.27. The molecule has 0 saturated heterocycles. The summed E-state index contributed by atoms with van der Waals surface area (Å²) in [6.45, 7) is 6.23. The van der Waals surface area contributed by atoms with E-state index >= 15 is 0 Å². The molecular formula is C31H34N2O3. The highest BCUT2D eigenvalue weighted by atomic mass is 16.5. The van der Waals surface area contributed by atoms with Gasteiger partial charge in [0.2, 0.25) is 0 Å². The number of esters is 1. The number of nitrogens with one attached hydrogen (secondary N) is 1. The van der Waals surface area contributed by atoms with Gasteiger partial charge in [-0.15, -0.1) is 0 Å². The van der Waals surface area contributed by atoms with Gasteiger partial charge in [-0.2, -0.15) is 5.26 Å². The smallest absolute Gasteiger partial charge is 0.334 e. The zero-order chi connectivity index (χ0) is 26.0. The second-order valence-electron chi connectivity index (χ2n) is 9.26. The average molecular weight is 483 g/mol. The fourth-order valence-electron chi connectivity index (χ4n) is 4.29. The minimum atomic E-state index is -1.43. The Morgan fingerprint density at radius 1 is 0.944 bits per heavy atom. The third kappa shape index (κ3) is 6.27. The molecule has 0 aromatic heterocycles. The molecular weight excluding hydrogens is 448 g/mol. The third-order valence-corrected chi connectivity index (χ3v) is 6.48. The summed E-state index contributed by atoms with van der Waals surface area (Å²) in [7, 11) is 0. The fraction of sp³-hybridized carbons (Fsp3) is 0.323. The molecule has 0 fully saturated rings. The van der Waals surface area contributed by atoms with Crippen LogP contribution in [0.25, 0.3) is 11.1 Å². The number of nitriles is 1. The van der Waals surface area contributed by atoms with Crippen LogP contribution in [-0.4, -0.2) is 17.3 Å². The summed E-state index contributed by atoms with van der Waals surface area (Å²) in [5, 5.41) is 12.7. The molecule has 3 aromatic carbocycles. The molecule has 1 unspecified atom stereocenters.